The van der Waals surface area contributed by atoms with Gasteiger partial charge in [-0.3, -0.25) is 4.79 Å². The van der Waals surface area contributed by atoms with Crippen molar-refractivity contribution in [3.63, 3.8) is 0 Å². The lowest BCUT2D eigenvalue weighted by Gasteiger charge is -2.14. The number of anilines is 1. The largest absolute Gasteiger partial charge is 0.436 e. The summed E-state index contributed by atoms with van der Waals surface area (Å²) in [7, 11) is 0. The number of thiocarbonyl (C=S) groups is 1. The van der Waals surface area contributed by atoms with Gasteiger partial charge in [-0.1, -0.05) is 30.3 Å². The van der Waals surface area contributed by atoms with E-state index in [4.69, 9.17) is 21.7 Å². The third kappa shape index (κ3) is 6.93. The number of nitrogens with one attached hydrogen (secondary N) is 2. The van der Waals surface area contributed by atoms with E-state index < -0.39 is 11.9 Å². The fraction of sp³-hybridized carbons (Fsp3) is 0.208. The van der Waals surface area contributed by atoms with E-state index in [1.165, 1.54) is 24.3 Å². The van der Waals surface area contributed by atoms with Crippen LogP contribution < -0.4 is 20.1 Å². The summed E-state index contributed by atoms with van der Waals surface area (Å²) in [6.07, 6.45) is 2.69. The molecule has 1 aromatic heterocycles. The van der Waals surface area contributed by atoms with Crippen LogP contribution in [0.1, 0.15) is 18.4 Å². The van der Waals surface area contributed by atoms with Crippen LogP contribution in [0, 0.1) is 5.82 Å². The zero-order valence-corrected chi connectivity index (χ0v) is 19.4. The van der Waals surface area contributed by atoms with Crippen molar-refractivity contribution in [2.24, 2.45) is 0 Å². The normalized spacial score (nSPS) is 12.7. The molecule has 1 aliphatic rings. The fourth-order valence-electron chi connectivity index (χ4n) is 3.38. The molecule has 2 amide bonds. The Morgan fingerprint density at radius 1 is 1.03 bits per heavy atom. The number of benzene rings is 2. The summed E-state index contributed by atoms with van der Waals surface area (Å²) in [5.41, 5.74) is 1.17. The smallest absolute Gasteiger partial charge is 0.416 e. The van der Waals surface area contributed by atoms with Crippen LogP contribution in [0.4, 0.5) is 14.9 Å². The summed E-state index contributed by atoms with van der Waals surface area (Å²) >= 11 is 5.14. The molecule has 3 aromatic rings. The molecular formula is C24H22FN5O4S. The van der Waals surface area contributed by atoms with Gasteiger partial charge in [-0.05, 0) is 42.8 Å². The second kappa shape index (κ2) is 11.3. The predicted molar refractivity (Wildman–Crippen MR) is 130 cm³/mol. The molecule has 0 bridgehead atoms. The van der Waals surface area contributed by atoms with E-state index in [9.17, 15) is 14.0 Å². The molecule has 1 saturated heterocycles. The van der Waals surface area contributed by atoms with Crippen molar-refractivity contribution in [2.75, 3.05) is 18.4 Å². The monoisotopic (exact) mass is 495 g/mol. The van der Waals surface area contributed by atoms with Gasteiger partial charge in [-0.2, -0.15) is 0 Å². The van der Waals surface area contributed by atoms with E-state index >= 15 is 0 Å². The first kappa shape index (κ1) is 24.0. The number of rotatable bonds is 6. The van der Waals surface area contributed by atoms with Crippen LogP contribution in [-0.2, 0) is 11.2 Å². The number of nitrogens with zero attached hydrogens (tertiary/aromatic N) is 3. The van der Waals surface area contributed by atoms with Gasteiger partial charge in [-0.25, -0.2) is 19.2 Å². The fourth-order valence-corrected chi connectivity index (χ4v) is 3.61. The van der Waals surface area contributed by atoms with Gasteiger partial charge in [0.25, 0.3) is 0 Å². The number of hydrogen-bond donors (Lipinski definition) is 2. The highest BCUT2D eigenvalue weighted by atomic mass is 32.1. The van der Waals surface area contributed by atoms with Crippen LogP contribution in [0.3, 0.4) is 0 Å². The molecule has 11 heteroatoms. The van der Waals surface area contributed by atoms with Crippen molar-refractivity contribution >= 4 is 35.0 Å². The van der Waals surface area contributed by atoms with Gasteiger partial charge in [0.2, 0.25) is 17.7 Å². The molecule has 2 aromatic carbocycles. The van der Waals surface area contributed by atoms with Crippen molar-refractivity contribution < 1.29 is 23.5 Å². The number of carbonyl (C=O) groups excluding carboxylic acids is 2. The number of aromatic nitrogens is 2. The molecule has 0 aliphatic carbocycles. The van der Waals surface area contributed by atoms with E-state index in [0.717, 1.165) is 24.7 Å². The lowest BCUT2D eigenvalue weighted by molar-refractivity contribution is -0.119. The first-order chi connectivity index (χ1) is 17.0. The summed E-state index contributed by atoms with van der Waals surface area (Å²) in [6, 6.07) is 14.6. The third-order valence-electron chi connectivity index (χ3n) is 5.04. The Kier molecular flexibility index (Phi) is 7.78. The lowest BCUT2D eigenvalue weighted by atomic mass is 10.1. The molecule has 0 atom stereocenters. The van der Waals surface area contributed by atoms with Gasteiger partial charge in [0, 0.05) is 24.8 Å². The summed E-state index contributed by atoms with van der Waals surface area (Å²) in [6.45, 7) is 1.28. The zero-order chi connectivity index (χ0) is 24.6. The molecule has 0 radical (unpaired) electrons. The SMILES string of the molecule is O=C(Cc1ccccc1)NC(=S)Nc1ccc(Oc2cc(OC(=O)N3CCCC3)ncn2)c(F)c1. The minimum atomic E-state index is -0.692. The Hall–Kier alpha value is -4.12. The Labute approximate surface area is 206 Å². The van der Waals surface area contributed by atoms with Crippen LogP contribution in [0.15, 0.2) is 60.9 Å². The Morgan fingerprint density at radius 2 is 1.77 bits per heavy atom. The predicted octanol–water partition coefficient (Wildman–Crippen LogP) is 4.06. The minimum absolute atomic E-state index is 0.00203. The molecule has 2 heterocycles. The molecule has 0 unspecified atom stereocenters. The van der Waals surface area contributed by atoms with E-state index in [1.807, 2.05) is 30.3 Å². The molecule has 1 fully saturated rings. The summed E-state index contributed by atoms with van der Waals surface area (Å²) < 4.78 is 25.3. The maximum absolute atomic E-state index is 14.6. The second-order valence-corrected chi connectivity index (χ2v) is 8.08. The topological polar surface area (TPSA) is 106 Å². The molecule has 2 N–H and O–H groups in total. The number of hydrogen-bond acceptors (Lipinski definition) is 7. The molecule has 4 rings (SSSR count). The maximum Gasteiger partial charge on any atom is 0.416 e. The molecular weight excluding hydrogens is 473 g/mol. The van der Waals surface area contributed by atoms with E-state index in [1.54, 1.807) is 4.90 Å². The standard InChI is InChI=1S/C24H22FN5O4S/c25-18-13-17(28-23(35)29-20(31)12-16-6-2-1-3-7-16)8-9-19(18)33-21-14-22(27-15-26-21)34-24(32)30-10-4-5-11-30/h1-3,6-9,13-15H,4-5,10-12H2,(H2,28,29,31,35). The van der Waals surface area contributed by atoms with Crippen LogP contribution in [0.5, 0.6) is 17.5 Å². The highest BCUT2D eigenvalue weighted by Gasteiger charge is 2.20. The van der Waals surface area contributed by atoms with Crippen molar-refractivity contribution in [1.82, 2.24) is 20.2 Å². The number of ether oxygens (including phenoxy) is 2. The Morgan fingerprint density at radius 3 is 2.51 bits per heavy atom. The summed E-state index contributed by atoms with van der Waals surface area (Å²) in [5, 5.41) is 5.36. The van der Waals surface area contributed by atoms with Gasteiger partial charge in [-0.15, -0.1) is 0 Å². The van der Waals surface area contributed by atoms with Crippen molar-refractivity contribution in [1.29, 1.82) is 0 Å². The maximum atomic E-state index is 14.6. The average Bonchev–Trinajstić information content (AvgIpc) is 3.37. The van der Waals surface area contributed by atoms with Crippen LogP contribution >= 0.6 is 12.2 Å². The van der Waals surface area contributed by atoms with E-state index in [-0.39, 0.29) is 34.9 Å². The number of halogens is 1. The minimum Gasteiger partial charge on any atom is -0.436 e. The quantitative estimate of drug-likeness (QED) is 0.494. The average molecular weight is 496 g/mol. The second-order valence-electron chi connectivity index (χ2n) is 7.67. The first-order valence-electron chi connectivity index (χ1n) is 10.9. The van der Waals surface area contributed by atoms with Crippen LogP contribution in [-0.4, -0.2) is 45.1 Å². The number of amides is 2. The van der Waals surface area contributed by atoms with Crippen molar-refractivity contribution in [2.45, 2.75) is 19.3 Å². The third-order valence-corrected chi connectivity index (χ3v) is 5.24. The zero-order valence-electron chi connectivity index (χ0n) is 18.6. The van der Waals surface area contributed by atoms with Crippen LogP contribution in [0.25, 0.3) is 0 Å². The summed E-state index contributed by atoms with van der Waals surface area (Å²) in [5.74, 6) is -1.08. The molecule has 180 valence electrons. The molecule has 0 saturated carbocycles. The van der Waals surface area contributed by atoms with Crippen molar-refractivity contribution in [3.8, 4) is 17.5 Å². The van der Waals surface area contributed by atoms with Gasteiger partial charge in [0.05, 0.1) is 12.5 Å². The number of likely N-dealkylation sites (tertiary alicyclic amines) is 1. The molecule has 35 heavy (non-hydrogen) atoms. The molecule has 1 aliphatic heterocycles. The van der Waals surface area contributed by atoms with Crippen LogP contribution in [0.2, 0.25) is 0 Å². The van der Waals surface area contributed by atoms with Gasteiger partial charge in [0.1, 0.15) is 6.33 Å². The number of carbonyl (C=O) groups is 2. The highest BCUT2D eigenvalue weighted by Crippen LogP contribution is 2.27. The van der Waals surface area contributed by atoms with Gasteiger partial charge < -0.3 is 25.0 Å². The molecule has 0 spiro atoms. The Balaban J connectivity index is 1.32. The van der Waals surface area contributed by atoms with E-state index in [2.05, 4.69) is 20.6 Å². The Bertz CT molecular complexity index is 1220. The van der Waals surface area contributed by atoms with Gasteiger partial charge in [0.15, 0.2) is 16.7 Å². The lowest BCUT2D eigenvalue weighted by Crippen LogP contribution is -2.35. The van der Waals surface area contributed by atoms with Crippen molar-refractivity contribution in [3.05, 3.63) is 72.3 Å². The van der Waals surface area contributed by atoms with Gasteiger partial charge >= 0.3 is 6.09 Å². The van der Waals surface area contributed by atoms with E-state index in [0.29, 0.717) is 18.8 Å². The molecule has 9 nitrogen and oxygen atoms in total. The summed E-state index contributed by atoms with van der Waals surface area (Å²) in [4.78, 5) is 33.7. The highest BCUT2D eigenvalue weighted by molar-refractivity contribution is 7.80. The first-order valence-corrected chi connectivity index (χ1v) is 11.3.